The van der Waals surface area contributed by atoms with Gasteiger partial charge in [0.05, 0.1) is 6.61 Å². The fourth-order valence-electron chi connectivity index (χ4n) is 1.72. The minimum atomic E-state index is -1.85. The van der Waals surface area contributed by atoms with Crippen LogP contribution in [0.25, 0.3) is 0 Å². The Hall–Kier alpha value is -0.600. The second-order valence-corrected chi connectivity index (χ2v) is 4.57. The summed E-state index contributed by atoms with van der Waals surface area (Å²) < 4.78 is 18.0. The molecule has 1 aliphatic carbocycles. The summed E-state index contributed by atoms with van der Waals surface area (Å²) in [6, 6.07) is 0. The highest BCUT2D eigenvalue weighted by Crippen LogP contribution is 2.24. The van der Waals surface area contributed by atoms with E-state index in [0.29, 0.717) is 12.5 Å². The zero-order valence-corrected chi connectivity index (χ0v) is 9.01. The normalized spacial score (nSPS) is 19.4. The quantitative estimate of drug-likeness (QED) is 0.658. The number of esters is 1. The third-order valence-electron chi connectivity index (χ3n) is 2.66. The Bertz CT molecular complexity index is 190. The van der Waals surface area contributed by atoms with Crippen molar-refractivity contribution in [1.29, 1.82) is 0 Å². The fourth-order valence-corrected chi connectivity index (χ4v) is 1.72. The van der Waals surface area contributed by atoms with Crippen molar-refractivity contribution in [2.45, 2.75) is 51.6 Å². The van der Waals surface area contributed by atoms with Crippen molar-refractivity contribution in [2.75, 3.05) is 6.61 Å². The molecule has 1 aliphatic rings. The average molecular weight is 202 g/mol. The second kappa shape index (κ2) is 4.76. The van der Waals surface area contributed by atoms with Crippen molar-refractivity contribution in [3.63, 3.8) is 0 Å². The van der Waals surface area contributed by atoms with E-state index in [0.717, 1.165) is 12.8 Å². The average Bonchev–Trinajstić information content (AvgIpc) is 2.14. The SMILES string of the molecule is CC(C)(F)C(=O)OCC1CCCCC1. The molecule has 0 unspecified atom stereocenters. The highest BCUT2D eigenvalue weighted by Gasteiger charge is 2.29. The molecule has 0 atom stereocenters. The standard InChI is InChI=1S/C11H19FO2/c1-11(2,12)10(13)14-8-9-6-4-3-5-7-9/h9H,3-8H2,1-2H3. The number of carbonyl (C=O) groups is 1. The molecule has 0 spiro atoms. The molecule has 0 N–H and O–H groups in total. The first-order chi connectivity index (χ1) is 6.50. The summed E-state index contributed by atoms with van der Waals surface area (Å²) in [6.07, 6.45) is 5.92. The molecule has 0 aromatic heterocycles. The van der Waals surface area contributed by atoms with Crippen LogP contribution >= 0.6 is 0 Å². The summed E-state index contributed by atoms with van der Waals surface area (Å²) in [5, 5.41) is 0. The third kappa shape index (κ3) is 3.64. The fraction of sp³-hybridized carbons (Fsp3) is 0.909. The van der Waals surface area contributed by atoms with Gasteiger partial charge in [0.2, 0.25) is 5.67 Å². The molecule has 0 aromatic carbocycles. The van der Waals surface area contributed by atoms with Gasteiger partial charge in [0.25, 0.3) is 0 Å². The molecule has 1 fully saturated rings. The number of alkyl halides is 1. The lowest BCUT2D eigenvalue weighted by atomic mass is 9.90. The van der Waals surface area contributed by atoms with Crippen LogP contribution in [0.1, 0.15) is 46.0 Å². The van der Waals surface area contributed by atoms with Crippen molar-refractivity contribution in [2.24, 2.45) is 5.92 Å². The maximum atomic E-state index is 13.1. The molecule has 14 heavy (non-hydrogen) atoms. The number of rotatable bonds is 3. The van der Waals surface area contributed by atoms with Crippen molar-refractivity contribution >= 4 is 5.97 Å². The molecular weight excluding hydrogens is 183 g/mol. The lowest BCUT2D eigenvalue weighted by Crippen LogP contribution is -2.30. The van der Waals surface area contributed by atoms with Gasteiger partial charge < -0.3 is 4.74 Å². The van der Waals surface area contributed by atoms with Gasteiger partial charge in [-0.15, -0.1) is 0 Å². The van der Waals surface area contributed by atoms with E-state index in [9.17, 15) is 9.18 Å². The van der Waals surface area contributed by atoms with E-state index >= 15 is 0 Å². The highest BCUT2D eigenvalue weighted by atomic mass is 19.1. The smallest absolute Gasteiger partial charge is 0.343 e. The molecular formula is C11H19FO2. The summed E-state index contributed by atoms with van der Waals surface area (Å²) >= 11 is 0. The van der Waals surface area contributed by atoms with E-state index in [1.807, 2.05) is 0 Å². The van der Waals surface area contributed by atoms with Gasteiger partial charge in [0.1, 0.15) is 0 Å². The Balaban J connectivity index is 2.22. The summed E-state index contributed by atoms with van der Waals surface area (Å²) in [4.78, 5) is 11.1. The van der Waals surface area contributed by atoms with E-state index < -0.39 is 11.6 Å². The first-order valence-corrected chi connectivity index (χ1v) is 5.36. The van der Waals surface area contributed by atoms with Gasteiger partial charge in [0.15, 0.2) is 0 Å². The monoisotopic (exact) mass is 202 g/mol. The van der Waals surface area contributed by atoms with Gasteiger partial charge in [0, 0.05) is 0 Å². The summed E-state index contributed by atoms with van der Waals surface area (Å²) in [7, 11) is 0. The molecule has 82 valence electrons. The number of carbonyl (C=O) groups excluding carboxylic acids is 1. The molecule has 0 amide bonds. The largest absolute Gasteiger partial charge is 0.463 e. The molecule has 1 rings (SSSR count). The van der Waals surface area contributed by atoms with Crippen molar-refractivity contribution in [3.8, 4) is 0 Å². The van der Waals surface area contributed by atoms with Gasteiger partial charge >= 0.3 is 5.97 Å². The minimum Gasteiger partial charge on any atom is -0.463 e. The van der Waals surface area contributed by atoms with Crippen molar-refractivity contribution in [1.82, 2.24) is 0 Å². The van der Waals surface area contributed by atoms with E-state index in [1.165, 1.54) is 33.1 Å². The predicted molar refractivity (Wildman–Crippen MR) is 52.7 cm³/mol. The first-order valence-electron chi connectivity index (χ1n) is 5.36. The lowest BCUT2D eigenvalue weighted by Gasteiger charge is -2.22. The van der Waals surface area contributed by atoms with Crippen LogP contribution < -0.4 is 0 Å². The van der Waals surface area contributed by atoms with E-state index in [-0.39, 0.29) is 0 Å². The predicted octanol–water partition coefficient (Wildman–Crippen LogP) is 2.86. The first kappa shape index (κ1) is 11.5. The third-order valence-corrected chi connectivity index (χ3v) is 2.66. The molecule has 0 aliphatic heterocycles. The molecule has 0 bridgehead atoms. The van der Waals surface area contributed by atoms with Crippen LogP contribution in [-0.4, -0.2) is 18.2 Å². The lowest BCUT2D eigenvalue weighted by molar-refractivity contribution is -0.157. The Morgan fingerprint density at radius 1 is 1.36 bits per heavy atom. The minimum absolute atomic E-state index is 0.395. The van der Waals surface area contributed by atoms with E-state index in [2.05, 4.69) is 0 Å². The maximum absolute atomic E-state index is 13.1. The Labute approximate surface area is 84.8 Å². The van der Waals surface area contributed by atoms with Gasteiger partial charge in [-0.05, 0) is 32.6 Å². The number of hydrogen-bond acceptors (Lipinski definition) is 2. The molecule has 2 nitrogen and oxygen atoms in total. The number of ether oxygens (including phenoxy) is 1. The summed E-state index contributed by atoms with van der Waals surface area (Å²) in [6.45, 7) is 2.86. The zero-order valence-electron chi connectivity index (χ0n) is 9.01. The molecule has 0 saturated heterocycles. The highest BCUT2D eigenvalue weighted by molar-refractivity contribution is 5.78. The summed E-state index contributed by atoms with van der Waals surface area (Å²) in [5.74, 6) is -0.280. The van der Waals surface area contributed by atoms with Crippen LogP contribution in [0.5, 0.6) is 0 Å². The number of halogens is 1. The zero-order chi connectivity index (χ0) is 10.6. The van der Waals surface area contributed by atoms with Crippen molar-refractivity contribution in [3.05, 3.63) is 0 Å². The molecule has 3 heteroatoms. The van der Waals surface area contributed by atoms with Crippen LogP contribution in [-0.2, 0) is 9.53 Å². The molecule has 0 aromatic rings. The van der Waals surface area contributed by atoms with Gasteiger partial charge in [-0.25, -0.2) is 9.18 Å². The Kier molecular flexibility index (Phi) is 3.90. The van der Waals surface area contributed by atoms with Crippen LogP contribution in [0.4, 0.5) is 4.39 Å². The van der Waals surface area contributed by atoms with Gasteiger partial charge in [-0.2, -0.15) is 0 Å². The van der Waals surface area contributed by atoms with E-state index in [4.69, 9.17) is 4.74 Å². The van der Waals surface area contributed by atoms with Gasteiger partial charge in [-0.1, -0.05) is 19.3 Å². The maximum Gasteiger partial charge on any atom is 0.343 e. The number of hydrogen-bond donors (Lipinski definition) is 0. The van der Waals surface area contributed by atoms with Gasteiger partial charge in [-0.3, -0.25) is 0 Å². The van der Waals surface area contributed by atoms with E-state index in [1.54, 1.807) is 0 Å². The van der Waals surface area contributed by atoms with Crippen LogP contribution in [0.2, 0.25) is 0 Å². The molecule has 0 radical (unpaired) electrons. The second-order valence-electron chi connectivity index (χ2n) is 4.57. The topological polar surface area (TPSA) is 26.3 Å². The molecule has 1 saturated carbocycles. The Morgan fingerprint density at radius 2 is 1.93 bits per heavy atom. The summed E-state index contributed by atoms with van der Waals surface area (Å²) in [5.41, 5.74) is -1.85. The van der Waals surface area contributed by atoms with Crippen LogP contribution in [0, 0.1) is 5.92 Å². The van der Waals surface area contributed by atoms with Crippen LogP contribution in [0.3, 0.4) is 0 Å². The Morgan fingerprint density at radius 3 is 2.43 bits per heavy atom. The molecule has 0 heterocycles. The van der Waals surface area contributed by atoms with Crippen LogP contribution in [0.15, 0.2) is 0 Å². The van der Waals surface area contributed by atoms with Crippen molar-refractivity contribution < 1.29 is 13.9 Å².